The van der Waals surface area contributed by atoms with E-state index in [1.165, 1.54) is 18.1 Å². The number of nitrogens with zero attached hydrogens (tertiary/aromatic N) is 1. The molecule has 0 unspecified atom stereocenters. The van der Waals surface area contributed by atoms with Gasteiger partial charge in [0.05, 0.1) is 7.11 Å². The molecule has 30 heavy (non-hydrogen) atoms. The van der Waals surface area contributed by atoms with Crippen LogP contribution in [0.3, 0.4) is 0 Å². The van der Waals surface area contributed by atoms with Crippen LogP contribution in [0.4, 0.5) is 4.39 Å². The first-order chi connectivity index (χ1) is 14.5. The molecule has 1 atom stereocenters. The Balaban J connectivity index is 2.15. The second-order valence-electron chi connectivity index (χ2n) is 6.87. The zero-order valence-electron chi connectivity index (χ0n) is 17.7. The summed E-state index contributed by atoms with van der Waals surface area (Å²) in [5.41, 5.74) is 0.330. The second-order valence-corrected chi connectivity index (χ2v) is 6.87. The number of para-hydroxylation sites is 2. The molecule has 0 bridgehead atoms. The van der Waals surface area contributed by atoms with Crippen LogP contribution < -0.4 is 14.8 Å². The summed E-state index contributed by atoms with van der Waals surface area (Å²) in [5, 5.41) is 2.82. The van der Waals surface area contributed by atoms with Gasteiger partial charge >= 0.3 is 0 Å². The van der Waals surface area contributed by atoms with E-state index in [0.29, 0.717) is 23.6 Å². The maximum Gasteiger partial charge on any atom is 0.261 e. The number of carbonyl (C=O) groups is 2. The first kappa shape index (κ1) is 23.2. The molecule has 0 radical (unpaired) electrons. The van der Waals surface area contributed by atoms with E-state index in [9.17, 15) is 14.0 Å². The standard InChI is InChI=1S/C23H29FN2O4/c1-4-5-14-25-23(28)17(2)26(15-18-10-6-7-11-19(18)24)22(27)16-30-21-13-9-8-12-20(21)29-3/h6-13,17H,4-5,14-16H2,1-3H3,(H,25,28)/t17-/m1/s1. The Morgan fingerprint density at radius 1 is 1.10 bits per heavy atom. The van der Waals surface area contributed by atoms with E-state index in [-0.39, 0.29) is 19.1 Å². The molecular weight excluding hydrogens is 387 g/mol. The Morgan fingerprint density at radius 2 is 1.77 bits per heavy atom. The van der Waals surface area contributed by atoms with E-state index in [1.807, 2.05) is 6.92 Å². The zero-order chi connectivity index (χ0) is 21.9. The molecule has 7 heteroatoms. The average molecular weight is 416 g/mol. The van der Waals surface area contributed by atoms with Gasteiger partial charge < -0.3 is 19.7 Å². The van der Waals surface area contributed by atoms with Gasteiger partial charge in [0.1, 0.15) is 11.9 Å². The highest BCUT2D eigenvalue weighted by atomic mass is 19.1. The topological polar surface area (TPSA) is 67.9 Å². The van der Waals surface area contributed by atoms with Gasteiger partial charge in [-0.05, 0) is 31.5 Å². The minimum Gasteiger partial charge on any atom is -0.493 e. The maximum atomic E-state index is 14.2. The molecule has 0 aliphatic carbocycles. The Labute approximate surface area is 177 Å². The van der Waals surface area contributed by atoms with Crippen molar-refractivity contribution in [1.82, 2.24) is 10.2 Å². The summed E-state index contributed by atoms with van der Waals surface area (Å²) < 4.78 is 25.0. The van der Waals surface area contributed by atoms with Crippen LogP contribution in [0.25, 0.3) is 0 Å². The molecule has 0 aliphatic rings. The fourth-order valence-corrected chi connectivity index (χ4v) is 2.89. The summed E-state index contributed by atoms with van der Waals surface area (Å²) in [7, 11) is 1.51. The van der Waals surface area contributed by atoms with E-state index in [0.717, 1.165) is 12.8 Å². The predicted octanol–water partition coefficient (Wildman–Crippen LogP) is 3.55. The van der Waals surface area contributed by atoms with Crippen molar-refractivity contribution in [3.8, 4) is 11.5 Å². The first-order valence-corrected chi connectivity index (χ1v) is 10.0. The third kappa shape index (κ3) is 6.47. The molecule has 2 rings (SSSR count). The summed E-state index contributed by atoms with van der Waals surface area (Å²) in [4.78, 5) is 26.8. The highest BCUT2D eigenvalue weighted by molar-refractivity contribution is 5.88. The summed E-state index contributed by atoms with van der Waals surface area (Å²) in [6, 6.07) is 12.4. The lowest BCUT2D eigenvalue weighted by molar-refractivity contribution is -0.142. The summed E-state index contributed by atoms with van der Waals surface area (Å²) in [6.45, 7) is 3.84. The Hall–Kier alpha value is -3.09. The van der Waals surface area contributed by atoms with Gasteiger partial charge in [-0.1, -0.05) is 43.7 Å². The summed E-state index contributed by atoms with van der Waals surface area (Å²) in [5.74, 6) is -0.233. The van der Waals surface area contributed by atoms with Crippen LogP contribution in [0, 0.1) is 5.82 Å². The molecule has 0 fully saturated rings. The van der Waals surface area contributed by atoms with Gasteiger partial charge in [0.15, 0.2) is 18.1 Å². The number of nitrogens with one attached hydrogen (secondary N) is 1. The average Bonchev–Trinajstić information content (AvgIpc) is 2.76. The number of amides is 2. The van der Waals surface area contributed by atoms with Crippen LogP contribution >= 0.6 is 0 Å². The second kappa shape index (κ2) is 11.8. The highest BCUT2D eigenvalue weighted by Gasteiger charge is 2.27. The largest absolute Gasteiger partial charge is 0.493 e. The third-order valence-electron chi connectivity index (χ3n) is 4.72. The fourth-order valence-electron chi connectivity index (χ4n) is 2.89. The smallest absolute Gasteiger partial charge is 0.261 e. The molecule has 162 valence electrons. The van der Waals surface area contributed by atoms with Gasteiger partial charge in [-0.2, -0.15) is 0 Å². The van der Waals surface area contributed by atoms with E-state index in [1.54, 1.807) is 49.4 Å². The van der Waals surface area contributed by atoms with Gasteiger partial charge in [0.25, 0.3) is 5.91 Å². The van der Waals surface area contributed by atoms with Crippen LogP contribution in [0.2, 0.25) is 0 Å². The Kier molecular flexibility index (Phi) is 9.12. The van der Waals surface area contributed by atoms with Gasteiger partial charge in [0.2, 0.25) is 5.91 Å². The quantitative estimate of drug-likeness (QED) is 0.569. The van der Waals surface area contributed by atoms with E-state index in [2.05, 4.69) is 5.32 Å². The third-order valence-corrected chi connectivity index (χ3v) is 4.72. The monoisotopic (exact) mass is 416 g/mol. The highest BCUT2D eigenvalue weighted by Crippen LogP contribution is 2.26. The van der Waals surface area contributed by atoms with Crippen molar-refractivity contribution in [3.63, 3.8) is 0 Å². The van der Waals surface area contributed by atoms with Crippen molar-refractivity contribution in [1.29, 1.82) is 0 Å². The molecule has 2 amide bonds. The van der Waals surface area contributed by atoms with Crippen molar-refractivity contribution >= 4 is 11.8 Å². The molecule has 6 nitrogen and oxygen atoms in total. The molecule has 0 saturated carbocycles. The number of hydrogen-bond acceptors (Lipinski definition) is 4. The van der Waals surface area contributed by atoms with Gasteiger partial charge in [-0.15, -0.1) is 0 Å². The lowest BCUT2D eigenvalue weighted by Gasteiger charge is -2.29. The number of carbonyl (C=O) groups excluding carboxylic acids is 2. The van der Waals surface area contributed by atoms with Gasteiger partial charge in [-0.25, -0.2) is 4.39 Å². The van der Waals surface area contributed by atoms with Crippen molar-refractivity contribution in [3.05, 3.63) is 59.9 Å². The van der Waals surface area contributed by atoms with E-state index in [4.69, 9.17) is 9.47 Å². The van der Waals surface area contributed by atoms with E-state index >= 15 is 0 Å². The first-order valence-electron chi connectivity index (χ1n) is 10.0. The Morgan fingerprint density at radius 3 is 2.43 bits per heavy atom. The van der Waals surface area contributed by atoms with Crippen LogP contribution in [0.15, 0.2) is 48.5 Å². The lowest BCUT2D eigenvalue weighted by atomic mass is 10.1. The maximum absolute atomic E-state index is 14.2. The number of hydrogen-bond donors (Lipinski definition) is 1. The fraction of sp³-hybridized carbons (Fsp3) is 0.391. The van der Waals surface area contributed by atoms with Crippen molar-refractivity contribution in [2.75, 3.05) is 20.3 Å². The molecule has 0 aromatic heterocycles. The van der Waals surface area contributed by atoms with Crippen LogP contribution in [0.5, 0.6) is 11.5 Å². The van der Waals surface area contributed by atoms with Crippen molar-refractivity contribution in [2.24, 2.45) is 0 Å². The molecule has 2 aromatic rings. The minimum atomic E-state index is -0.782. The number of halogens is 1. The van der Waals surface area contributed by atoms with Gasteiger partial charge in [0, 0.05) is 18.7 Å². The number of rotatable bonds is 11. The number of ether oxygens (including phenoxy) is 2. The lowest BCUT2D eigenvalue weighted by Crippen LogP contribution is -2.49. The van der Waals surface area contributed by atoms with Crippen LogP contribution in [-0.4, -0.2) is 43.0 Å². The molecule has 0 aliphatic heterocycles. The van der Waals surface area contributed by atoms with Crippen LogP contribution in [-0.2, 0) is 16.1 Å². The molecule has 0 spiro atoms. The van der Waals surface area contributed by atoms with Crippen molar-refractivity contribution in [2.45, 2.75) is 39.3 Å². The Bertz CT molecular complexity index is 843. The summed E-state index contributed by atoms with van der Waals surface area (Å²) in [6.07, 6.45) is 1.79. The normalized spacial score (nSPS) is 11.5. The number of benzene rings is 2. The molecule has 0 saturated heterocycles. The zero-order valence-corrected chi connectivity index (χ0v) is 17.7. The minimum absolute atomic E-state index is 0.0385. The van der Waals surface area contributed by atoms with Crippen molar-refractivity contribution < 1.29 is 23.5 Å². The molecule has 1 N–H and O–H groups in total. The molecule has 2 aromatic carbocycles. The molecule has 0 heterocycles. The van der Waals surface area contributed by atoms with Crippen LogP contribution in [0.1, 0.15) is 32.3 Å². The summed E-state index contributed by atoms with van der Waals surface area (Å²) >= 11 is 0. The number of methoxy groups -OCH3 is 1. The SMILES string of the molecule is CCCCNC(=O)[C@@H](C)N(Cc1ccccc1F)C(=O)COc1ccccc1OC. The predicted molar refractivity (Wildman–Crippen MR) is 113 cm³/mol. The van der Waals surface area contributed by atoms with Gasteiger partial charge in [-0.3, -0.25) is 9.59 Å². The van der Waals surface area contributed by atoms with E-state index < -0.39 is 17.8 Å². The number of unbranched alkanes of at least 4 members (excludes halogenated alkanes) is 1. The molecular formula is C23H29FN2O4.